The zero-order chi connectivity index (χ0) is 26.6. The summed E-state index contributed by atoms with van der Waals surface area (Å²) >= 11 is 0. The molecule has 0 bridgehead atoms. The Balaban J connectivity index is 1.52. The fourth-order valence-corrected chi connectivity index (χ4v) is 5.81. The molecule has 2 unspecified atom stereocenters. The summed E-state index contributed by atoms with van der Waals surface area (Å²) < 4.78 is 72.4. The molecule has 2 fully saturated rings. The summed E-state index contributed by atoms with van der Waals surface area (Å²) in [5.41, 5.74) is 0.751. The first-order chi connectivity index (χ1) is 17.5. The van der Waals surface area contributed by atoms with Gasteiger partial charge in [0.15, 0.2) is 5.82 Å². The van der Waals surface area contributed by atoms with Crippen molar-refractivity contribution in [3.63, 3.8) is 0 Å². The molecule has 2 N–H and O–H groups in total. The second-order valence-electron chi connectivity index (χ2n) is 9.13. The lowest BCUT2D eigenvalue weighted by Crippen LogP contribution is -2.52. The number of carbonyl (C=O) groups excluding carboxylic acids is 1. The number of piperidine rings is 1. The van der Waals surface area contributed by atoms with E-state index in [0.29, 0.717) is 50.9 Å². The fourth-order valence-electron chi connectivity index (χ4n) is 4.58. The lowest BCUT2D eigenvalue weighted by molar-refractivity contribution is -0.274. The minimum absolute atomic E-state index is 0.132. The third kappa shape index (κ3) is 7.49. The number of hydrogen-bond acceptors (Lipinski definition) is 8. The maximum absolute atomic E-state index is 13.4. The SMILES string of the molecule is CCOCCc1noc(C2CC(c3ccc(OC(F)(F)F)cc3)CN(C(=O)N3CCS(O)(O)CC3)C2)n1. The summed E-state index contributed by atoms with van der Waals surface area (Å²) in [6.07, 6.45) is -3.75. The predicted octanol–water partition coefficient (Wildman–Crippen LogP) is 4.31. The van der Waals surface area contributed by atoms with Crippen LogP contribution in [0.2, 0.25) is 0 Å². The van der Waals surface area contributed by atoms with Crippen LogP contribution in [0, 0.1) is 0 Å². The second kappa shape index (κ2) is 11.5. The number of amides is 2. The van der Waals surface area contributed by atoms with E-state index in [1.165, 1.54) is 12.1 Å². The lowest BCUT2D eigenvalue weighted by atomic mass is 9.84. The first-order valence-corrected chi connectivity index (χ1v) is 13.9. The van der Waals surface area contributed by atoms with E-state index in [9.17, 15) is 27.1 Å². The average molecular weight is 549 g/mol. The van der Waals surface area contributed by atoms with Crippen molar-refractivity contribution >= 4 is 16.6 Å². The van der Waals surface area contributed by atoms with Crippen molar-refractivity contribution in [2.45, 2.75) is 38.0 Å². The Kier molecular flexibility index (Phi) is 8.51. The molecule has 10 nitrogen and oxygen atoms in total. The van der Waals surface area contributed by atoms with Gasteiger partial charge in [-0.3, -0.25) is 9.11 Å². The number of benzene rings is 1. The quantitative estimate of drug-likeness (QED) is 0.491. The van der Waals surface area contributed by atoms with Crippen LogP contribution in [-0.4, -0.2) is 92.3 Å². The van der Waals surface area contributed by atoms with Gasteiger partial charge in [-0.15, -0.1) is 13.2 Å². The van der Waals surface area contributed by atoms with Gasteiger partial charge < -0.3 is 23.8 Å². The van der Waals surface area contributed by atoms with Crippen LogP contribution in [0.15, 0.2) is 28.8 Å². The van der Waals surface area contributed by atoms with Crippen LogP contribution in [0.1, 0.15) is 42.5 Å². The molecule has 2 atom stereocenters. The molecule has 2 saturated heterocycles. The normalized spacial score (nSPS) is 23.1. The fraction of sp³-hybridized carbons (Fsp3) is 0.609. The highest BCUT2D eigenvalue weighted by Crippen LogP contribution is 2.41. The largest absolute Gasteiger partial charge is 0.573 e. The Hall–Kier alpha value is -2.55. The molecule has 0 aliphatic carbocycles. The van der Waals surface area contributed by atoms with Gasteiger partial charge in [-0.2, -0.15) is 15.6 Å². The van der Waals surface area contributed by atoms with Crippen molar-refractivity contribution in [1.82, 2.24) is 19.9 Å². The number of ether oxygens (including phenoxy) is 2. The number of nitrogens with zero attached hydrogens (tertiary/aromatic N) is 4. The number of hydrogen-bond donors (Lipinski definition) is 2. The summed E-state index contributed by atoms with van der Waals surface area (Å²) in [5, 5.41) is 4.03. The summed E-state index contributed by atoms with van der Waals surface area (Å²) in [4.78, 5) is 21.1. The number of rotatable bonds is 7. The molecule has 37 heavy (non-hydrogen) atoms. The third-order valence-corrected chi connectivity index (χ3v) is 8.13. The maximum Gasteiger partial charge on any atom is 0.573 e. The van der Waals surface area contributed by atoms with Crippen LogP contribution >= 0.6 is 10.6 Å². The highest BCUT2D eigenvalue weighted by atomic mass is 32.3. The summed E-state index contributed by atoms with van der Waals surface area (Å²) in [6, 6.07) is 5.40. The molecule has 2 amide bonds. The standard InChI is InChI=1S/C23H31F3N4O6S/c1-2-34-10-7-20-27-21(36-28-20)18-13-17(16-3-5-19(6-4-16)35-23(24,25)26)14-30(15-18)22(31)29-8-11-37(32,33)12-9-29/h3-6,17-18,32-33H,2,7-15H2,1H3. The van der Waals surface area contributed by atoms with Crippen LogP contribution in [0.3, 0.4) is 0 Å². The Morgan fingerprint density at radius 2 is 1.81 bits per heavy atom. The molecule has 0 radical (unpaired) electrons. The van der Waals surface area contributed by atoms with E-state index >= 15 is 0 Å². The smallest absolute Gasteiger partial charge is 0.406 e. The van der Waals surface area contributed by atoms with Crippen LogP contribution < -0.4 is 4.74 Å². The molecule has 4 rings (SSSR count). The average Bonchev–Trinajstić information content (AvgIpc) is 3.32. The molecule has 1 aromatic heterocycles. The molecular formula is C23H31F3N4O6S. The molecule has 2 aromatic rings. The van der Waals surface area contributed by atoms with E-state index in [-0.39, 0.29) is 48.2 Å². The molecule has 206 valence electrons. The van der Waals surface area contributed by atoms with Crippen molar-refractivity contribution in [3.05, 3.63) is 41.5 Å². The van der Waals surface area contributed by atoms with Crippen LogP contribution in [0.4, 0.5) is 18.0 Å². The van der Waals surface area contributed by atoms with Crippen molar-refractivity contribution < 1.29 is 41.1 Å². The molecular weight excluding hydrogens is 517 g/mol. The Morgan fingerprint density at radius 1 is 1.14 bits per heavy atom. The molecule has 14 heteroatoms. The van der Waals surface area contributed by atoms with E-state index < -0.39 is 17.0 Å². The van der Waals surface area contributed by atoms with Gasteiger partial charge in [0.1, 0.15) is 5.75 Å². The van der Waals surface area contributed by atoms with Gasteiger partial charge in [-0.05, 0) is 31.0 Å². The van der Waals surface area contributed by atoms with Gasteiger partial charge in [0.05, 0.1) is 24.0 Å². The molecule has 0 spiro atoms. The number of halogens is 3. The monoisotopic (exact) mass is 548 g/mol. The highest BCUT2D eigenvalue weighted by molar-refractivity contribution is 8.24. The number of aromatic nitrogens is 2. The van der Waals surface area contributed by atoms with Crippen LogP contribution in [0.5, 0.6) is 5.75 Å². The van der Waals surface area contributed by atoms with Gasteiger partial charge >= 0.3 is 12.4 Å². The van der Waals surface area contributed by atoms with Crippen molar-refractivity contribution in [1.29, 1.82) is 0 Å². The molecule has 1 aromatic carbocycles. The van der Waals surface area contributed by atoms with Gasteiger partial charge in [0.25, 0.3) is 0 Å². The van der Waals surface area contributed by atoms with E-state index in [4.69, 9.17) is 9.26 Å². The zero-order valence-corrected chi connectivity index (χ0v) is 21.2. The van der Waals surface area contributed by atoms with Gasteiger partial charge in [-0.1, -0.05) is 17.3 Å². The van der Waals surface area contributed by atoms with Gasteiger partial charge in [0.2, 0.25) is 5.89 Å². The Morgan fingerprint density at radius 3 is 2.46 bits per heavy atom. The summed E-state index contributed by atoms with van der Waals surface area (Å²) in [6.45, 7) is 4.05. The van der Waals surface area contributed by atoms with Crippen LogP contribution in [-0.2, 0) is 11.2 Å². The summed E-state index contributed by atoms with van der Waals surface area (Å²) in [5.74, 6) is 0.343. The summed E-state index contributed by atoms with van der Waals surface area (Å²) in [7, 11) is -2.66. The minimum Gasteiger partial charge on any atom is -0.406 e. The van der Waals surface area contributed by atoms with E-state index in [0.717, 1.165) is 5.56 Å². The van der Waals surface area contributed by atoms with Crippen molar-refractivity contribution in [3.8, 4) is 5.75 Å². The first kappa shape index (κ1) is 27.5. The molecule has 2 aliphatic heterocycles. The topological polar surface area (TPSA) is 121 Å². The van der Waals surface area contributed by atoms with Crippen LogP contribution in [0.25, 0.3) is 0 Å². The maximum atomic E-state index is 13.4. The highest BCUT2D eigenvalue weighted by Gasteiger charge is 2.37. The Bertz CT molecular complexity index is 1040. The first-order valence-electron chi connectivity index (χ1n) is 12.1. The van der Waals surface area contributed by atoms with Gasteiger partial charge in [-0.25, -0.2) is 4.79 Å². The molecule has 2 aliphatic rings. The van der Waals surface area contributed by atoms with E-state index in [1.807, 2.05) is 6.92 Å². The third-order valence-electron chi connectivity index (χ3n) is 6.46. The Labute approximate surface area is 214 Å². The number of likely N-dealkylation sites (tertiary alicyclic amines) is 1. The predicted molar refractivity (Wildman–Crippen MR) is 129 cm³/mol. The lowest BCUT2D eigenvalue weighted by Gasteiger charge is -2.44. The zero-order valence-electron chi connectivity index (χ0n) is 20.4. The minimum atomic E-state index is -4.78. The van der Waals surface area contributed by atoms with Gasteiger partial charge in [0, 0.05) is 45.1 Å². The molecule has 0 saturated carbocycles. The number of urea groups is 1. The van der Waals surface area contributed by atoms with E-state index in [2.05, 4.69) is 14.9 Å². The number of alkyl halides is 3. The van der Waals surface area contributed by atoms with Crippen molar-refractivity contribution in [2.75, 3.05) is 50.9 Å². The van der Waals surface area contributed by atoms with Crippen molar-refractivity contribution in [2.24, 2.45) is 0 Å². The molecule has 3 heterocycles. The second-order valence-corrected chi connectivity index (χ2v) is 11.5. The van der Waals surface area contributed by atoms with E-state index in [1.54, 1.807) is 21.9 Å². The number of carbonyl (C=O) groups is 1.